The molecule has 2 aromatic heterocycles. The molecule has 4 rings (SSSR count). The predicted molar refractivity (Wildman–Crippen MR) is 92.6 cm³/mol. The Labute approximate surface area is 148 Å². The molecule has 1 saturated carbocycles. The van der Waals surface area contributed by atoms with E-state index < -0.39 is 11.6 Å². The van der Waals surface area contributed by atoms with E-state index in [0.717, 1.165) is 25.2 Å². The second-order valence-electron chi connectivity index (χ2n) is 6.27. The van der Waals surface area contributed by atoms with E-state index in [-0.39, 0.29) is 23.0 Å². The smallest absolute Gasteiger partial charge is 0.210 e. The number of halogens is 2. The zero-order valence-corrected chi connectivity index (χ0v) is 13.9. The van der Waals surface area contributed by atoms with Crippen LogP contribution < -0.4 is 4.74 Å². The number of nitrogens with zero attached hydrogens (tertiary/aromatic N) is 2. The predicted octanol–water partition coefficient (Wildman–Crippen LogP) is 4.29. The number of ether oxygens (including phenoxy) is 1. The van der Waals surface area contributed by atoms with Crippen LogP contribution in [0.15, 0.2) is 49.3 Å². The minimum Gasteiger partial charge on any atom is -0.490 e. The van der Waals surface area contributed by atoms with Crippen LogP contribution in [0.5, 0.6) is 5.75 Å². The Morgan fingerprint density at radius 1 is 1.31 bits per heavy atom. The molecule has 2 heterocycles. The Morgan fingerprint density at radius 3 is 2.69 bits per heavy atom. The van der Waals surface area contributed by atoms with E-state index in [1.54, 1.807) is 30.3 Å². The Balaban J connectivity index is 1.80. The van der Waals surface area contributed by atoms with Gasteiger partial charge in [-0.3, -0.25) is 9.20 Å². The van der Waals surface area contributed by atoms with Gasteiger partial charge < -0.3 is 4.74 Å². The van der Waals surface area contributed by atoms with E-state index in [2.05, 4.69) is 11.6 Å². The van der Waals surface area contributed by atoms with Crippen molar-refractivity contribution >= 4 is 11.4 Å². The number of hydrogen-bond acceptors (Lipinski definition) is 3. The van der Waals surface area contributed by atoms with Gasteiger partial charge in [-0.15, -0.1) is 0 Å². The summed E-state index contributed by atoms with van der Waals surface area (Å²) in [5.41, 5.74) is 0.830. The first kappa shape index (κ1) is 16.4. The normalized spacial score (nSPS) is 13.8. The first-order valence-electron chi connectivity index (χ1n) is 8.33. The van der Waals surface area contributed by atoms with Crippen molar-refractivity contribution in [3.8, 4) is 5.75 Å². The van der Waals surface area contributed by atoms with Crippen molar-refractivity contribution in [3.63, 3.8) is 0 Å². The average Bonchev–Trinajstić information content (AvgIpc) is 3.44. The fourth-order valence-corrected chi connectivity index (χ4v) is 3.06. The van der Waals surface area contributed by atoms with Gasteiger partial charge in [-0.2, -0.15) is 0 Å². The molecule has 1 aliphatic carbocycles. The van der Waals surface area contributed by atoms with Crippen LogP contribution in [0, 0.1) is 11.6 Å². The van der Waals surface area contributed by atoms with Crippen LogP contribution in [0.25, 0.3) is 5.65 Å². The van der Waals surface area contributed by atoms with E-state index in [1.807, 2.05) is 0 Å². The zero-order chi connectivity index (χ0) is 18.3. The lowest BCUT2D eigenvalue weighted by Crippen LogP contribution is -2.08. The maximum absolute atomic E-state index is 14.8. The molecule has 1 fully saturated rings. The molecule has 1 aliphatic rings. The number of benzene rings is 1. The average molecular weight is 354 g/mol. The van der Waals surface area contributed by atoms with Crippen molar-refractivity contribution in [1.82, 2.24) is 9.38 Å². The van der Waals surface area contributed by atoms with Crippen LogP contribution in [0.4, 0.5) is 8.78 Å². The Morgan fingerprint density at radius 2 is 2.04 bits per heavy atom. The molecule has 0 aliphatic heterocycles. The Kier molecular flexibility index (Phi) is 4.03. The lowest BCUT2D eigenvalue weighted by atomic mass is 10.0. The summed E-state index contributed by atoms with van der Waals surface area (Å²) in [6.45, 7) is 3.94. The number of carbonyl (C=O) groups excluding carboxylic acids is 1. The number of fused-ring (bicyclic) bond motifs is 1. The van der Waals surface area contributed by atoms with E-state index in [4.69, 9.17) is 4.74 Å². The number of hydrogen-bond donors (Lipinski definition) is 0. The maximum atomic E-state index is 14.8. The van der Waals surface area contributed by atoms with Gasteiger partial charge in [0, 0.05) is 17.3 Å². The van der Waals surface area contributed by atoms with Crippen molar-refractivity contribution in [2.24, 2.45) is 0 Å². The van der Waals surface area contributed by atoms with E-state index in [9.17, 15) is 13.6 Å². The minimum absolute atomic E-state index is 0.0195. The van der Waals surface area contributed by atoms with E-state index in [0.29, 0.717) is 23.5 Å². The molecule has 0 amide bonds. The molecule has 0 N–H and O–H groups in total. The van der Waals surface area contributed by atoms with Crippen LogP contribution >= 0.6 is 0 Å². The highest BCUT2D eigenvalue weighted by molar-refractivity contribution is 6.09. The summed E-state index contributed by atoms with van der Waals surface area (Å²) in [5.74, 6) is -0.955. The molecule has 0 saturated heterocycles. The van der Waals surface area contributed by atoms with Crippen molar-refractivity contribution in [1.29, 1.82) is 0 Å². The third-order valence-corrected chi connectivity index (χ3v) is 4.40. The van der Waals surface area contributed by atoms with Gasteiger partial charge in [0.1, 0.15) is 18.1 Å². The first-order chi connectivity index (χ1) is 12.6. The number of aromatic nitrogens is 2. The fourth-order valence-electron chi connectivity index (χ4n) is 3.06. The van der Waals surface area contributed by atoms with Crippen molar-refractivity contribution in [3.05, 3.63) is 77.8 Å². The second kappa shape index (κ2) is 6.37. The van der Waals surface area contributed by atoms with Gasteiger partial charge in [-0.1, -0.05) is 12.7 Å². The molecule has 132 valence electrons. The first-order valence-corrected chi connectivity index (χ1v) is 8.33. The van der Waals surface area contributed by atoms with Crippen LogP contribution in [0.1, 0.15) is 40.4 Å². The molecule has 0 spiro atoms. The van der Waals surface area contributed by atoms with Crippen LogP contribution in [-0.2, 0) is 0 Å². The van der Waals surface area contributed by atoms with Crippen LogP contribution in [0.2, 0.25) is 0 Å². The highest BCUT2D eigenvalue weighted by Gasteiger charge is 2.36. The number of rotatable bonds is 6. The lowest BCUT2D eigenvalue weighted by molar-refractivity contribution is 0.103. The molecule has 4 nitrogen and oxygen atoms in total. The third kappa shape index (κ3) is 2.77. The summed E-state index contributed by atoms with van der Waals surface area (Å²) >= 11 is 0. The van der Waals surface area contributed by atoms with Crippen LogP contribution in [-0.4, -0.2) is 21.8 Å². The molecular weight excluding hydrogens is 338 g/mol. The van der Waals surface area contributed by atoms with Gasteiger partial charge in [0.15, 0.2) is 17.3 Å². The van der Waals surface area contributed by atoms with Gasteiger partial charge in [0.05, 0.1) is 6.20 Å². The summed E-state index contributed by atoms with van der Waals surface area (Å²) in [5, 5.41) is 0. The molecule has 26 heavy (non-hydrogen) atoms. The topological polar surface area (TPSA) is 43.6 Å². The Hall–Kier alpha value is -3.02. The monoisotopic (exact) mass is 354 g/mol. The van der Waals surface area contributed by atoms with Crippen LogP contribution in [0.3, 0.4) is 0 Å². The van der Waals surface area contributed by atoms with E-state index >= 15 is 0 Å². The number of carbonyl (C=O) groups is 1. The van der Waals surface area contributed by atoms with E-state index in [1.165, 1.54) is 4.40 Å². The van der Waals surface area contributed by atoms with Gasteiger partial charge in [0.25, 0.3) is 0 Å². The fraction of sp³-hybridized carbons (Fsp3) is 0.200. The Bertz CT molecular complexity index is 1000. The third-order valence-electron chi connectivity index (χ3n) is 4.40. The summed E-state index contributed by atoms with van der Waals surface area (Å²) in [4.78, 5) is 16.9. The molecule has 6 heteroatoms. The molecule has 0 radical (unpaired) electrons. The summed E-state index contributed by atoms with van der Waals surface area (Å²) in [7, 11) is 0. The summed E-state index contributed by atoms with van der Waals surface area (Å²) in [6, 6.07) is 6.56. The molecule has 3 aromatic rings. The molecule has 0 atom stereocenters. The van der Waals surface area contributed by atoms with Gasteiger partial charge in [-0.25, -0.2) is 13.8 Å². The van der Waals surface area contributed by atoms with Gasteiger partial charge in [0.2, 0.25) is 5.78 Å². The largest absolute Gasteiger partial charge is 0.490 e. The molecule has 0 unspecified atom stereocenters. The maximum Gasteiger partial charge on any atom is 0.210 e. The lowest BCUT2D eigenvalue weighted by Gasteiger charge is -2.07. The quantitative estimate of drug-likeness (QED) is 0.490. The van der Waals surface area contributed by atoms with Gasteiger partial charge in [-0.05, 0) is 43.0 Å². The molecule has 1 aromatic carbocycles. The second-order valence-corrected chi connectivity index (χ2v) is 6.27. The number of ketones is 1. The highest BCUT2D eigenvalue weighted by Crippen LogP contribution is 2.45. The van der Waals surface area contributed by atoms with Crippen molar-refractivity contribution in [2.45, 2.75) is 18.8 Å². The van der Waals surface area contributed by atoms with Crippen molar-refractivity contribution < 1.29 is 18.3 Å². The van der Waals surface area contributed by atoms with Crippen molar-refractivity contribution in [2.75, 3.05) is 6.61 Å². The molecule has 0 bridgehead atoms. The van der Waals surface area contributed by atoms with Gasteiger partial charge >= 0.3 is 0 Å². The minimum atomic E-state index is -0.628. The zero-order valence-electron chi connectivity index (χ0n) is 13.9. The standard InChI is InChI=1S/C20H16F2N2O2/c1-2-9-26-15-7-5-13(6-8-15)19(25)18-16(12-3-4-12)17(22)20-23-10-14(21)11-24(18)20/h2,5-8,10-12H,1,3-4,9H2. The SMILES string of the molecule is C=CCOc1ccc(C(=O)c2c(C3CC3)c(F)c3ncc(F)cn23)cc1. The summed E-state index contributed by atoms with van der Waals surface area (Å²) < 4.78 is 35.1. The summed E-state index contributed by atoms with van der Waals surface area (Å²) in [6.07, 6.45) is 5.30. The molecular formula is C20H16F2N2O2. The highest BCUT2D eigenvalue weighted by atomic mass is 19.1.